The standard InChI is InChI=1S/C19H17ClF2N4O2/c1-11-17(18(27)14-3-2-13(21)9-15(14)22)26-19(23-11)12(8-16(20)24-26)10-25-4-6-28-7-5-25/h2-3,8-9H,4-7,10H2,1H3. The number of aryl methyl sites for hydroxylation is 1. The Morgan fingerprint density at radius 3 is 2.71 bits per heavy atom. The third kappa shape index (κ3) is 3.50. The molecule has 0 saturated carbocycles. The summed E-state index contributed by atoms with van der Waals surface area (Å²) in [5.41, 5.74) is 1.55. The molecule has 0 bridgehead atoms. The summed E-state index contributed by atoms with van der Waals surface area (Å²) in [6.07, 6.45) is 0. The van der Waals surface area contributed by atoms with Gasteiger partial charge >= 0.3 is 0 Å². The smallest absolute Gasteiger partial charge is 0.216 e. The largest absolute Gasteiger partial charge is 0.379 e. The van der Waals surface area contributed by atoms with Crippen molar-refractivity contribution in [2.75, 3.05) is 26.3 Å². The molecular weight excluding hydrogens is 390 g/mol. The Morgan fingerprint density at radius 2 is 2.00 bits per heavy atom. The Bertz CT molecular complexity index is 1060. The summed E-state index contributed by atoms with van der Waals surface area (Å²) < 4.78 is 34.0. The molecule has 0 amide bonds. The Labute approximate surface area is 164 Å². The van der Waals surface area contributed by atoms with Crippen LogP contribution >= 0.6 is 11.6 Å². The van der Waals surface area contributed by atoms with E-state index < -0.39 is 17.4 Å². The van der Waals surface area contributed by atoms with E-state index in [1.165, 1.54) is 4.52 Å². The molecule has 1 saturated heterocycles. The van der Waals surface area contributed by atoms with E-state index in [4.69, 9.17) is 16.3 Å². The van der Waals surface area contributed by atoms with E-state index in [-0.39, 0.29) is 16.4 Å². The predicted octanol–water partition coefficient (Wildman–Crippen LogP) is 3.03. The number of morpholine rings is 1. The van der Waals surface area contributed by atoms with Gasteiger partial charge in [-0.05, 0) is 25.1 Å². The monoisotopic (exact) mass is 406 g/mol. The van der Waals surface area contributed by atoms with Crippen LogP contribution in [0.2, 0.25) is 5.15 Å². The highest BCUT2D eigenvalue weighted by Gasteiger charge is 2.24. The molecule has 0 atom stereocenters. The van der Waals surface area contributed by atoms with E-state index in [0.717, 1.165) is 30.8 Å². The van der Waals surface area contributed by atoms with Crippen LogP contribution in [0.3, 0.4) is 0 Å². The van der Waals surface area contributed by atoms with Crippen LogP contribution in [0.25, 0.3) is 5.65 Å². The molecule has 1 aliphatic heterocycles. The first kappa shape index (κ1) is 18.9. The molecule has 3 heterocycles. The number of fused-ring (bicyclic) bond motifs is 1. The lowest BCUT2D eigenvalue weighted by atomic mass is 10.1. The summed E-state index contributed by atoms with van der Waals surface area (Å²) in [5, 5.41) is 4.40. The number of hydrogen-bond donors (Lipinski definition) is 0. The van der Waals surface area contributed by atoms with Crippen LogP contribution in [0.5, 0.6) is 0 Å². The summed E-state index contributed by atoms with van der Waals surface area (Å²) in [6, 6.07) is 4.55. The van der Waals surface area contributed by atoms with E-state index in [1.54, 1.807) is 13.0 Å². The van der Waals surface area contributed by atoms with Gasteiger partial charge < -0.3 is 4.74 Å². The average molecular weight is 407 g/mol. The van der Waals surface area contributed by atoms with Gasteiger partial charge in [-0.3, -0.25) is 9.69 Å². The Kier molecular flexibility index (Phi) is 5.09. The number of ketones is 1. The minimum atomic E-state index is -0.935. The minimum absolute atomic E-state index is 0.103. The highest BCUT2D eigenvalue weighted by Crippen LogP contribution is 2.23. The van der Waals surface area contributed by atoms with Gasteiger partial charge in [-0.15, -0.1) is 0 Å². The SMILES string of the molecule is Cc1nc2c(CN3CCOCC3)cc(Cl)nn2c1C(=O)c1ccc(F)cc1F. The zero-order valence-electron chi connectivity index (χ0n) is 15.1. The van der Waals surface area contributed by atoms with Crippen LogP contribution < -0.4 is 0 Å². The number of benzene rings is 1. The molecule has 1 aliphatic rings. The van der Waals surface area contributed by atoms with Crippen LogP contribution in [-0.2, 0) is 11.3 Å². The number of imidazole rings is 1. The van der Waals surface area contributed by atoms with Gasteiger partial charge in [0.2, 0.25) is 5.78 Å². The molecule has 1 fully saturated rings. The van der Waals surface area contributed by atoms with Crippen LogP contribution in [0, 0.1) is 18.6 Å². The zero-order valence-corrected chi connectivity index (χ0v) is 15.8. The predicted molar refractivity (Wildman–Crippen MR) is 98.6 cm³/mol. The quantitative estimate of drug-likeness (QED) is 0.623. The maximum Gasteiger partial charge on any atom is 0.216 e. The molecule has 9 heteroatoms. The number of ether oxygens (including phenoxy) is 1. The first-order valence-corrected chi connectivity index (χ1v) is 9.16. The molecule has 0 unspecified atom stereocenters. The van der Waals surface area contributed by atoms with Gasteiger partial charge in [0.25, 0.3) is 0 Å². The normalized spacial score (nSPS) is 15.3. The lowest BCUT2D eigenvalue weighted by Crippen LogP contribution is -2.35. The van der Waals surface area contributed by atoms with Gasteiger partial charge in [0.05, 0.1) is 24.5 Å². The van der Waals surface area contributed by atoms with Crippen molar-refractivity contribution in [2.24, 2.45) is 0 Å². The second-order valence-electron chi connectivity index (χ2n) is 6.62. The summed E-state index contributed by atoms with van der Waals surface area (Å²) in [4.78, 5) is 19.6. The highest BCUT2D eigenvalue weighted by molar-refractivity contribution is 6.29. The van der Waals surface area contributed by atoms with Gasteiger partial charge in [0.15, 0.2) is 10.8 Å². The number of hydrogen-bond acceptors (Lipinski definition) is 5. The lowest BCUT2D eigenvalue weighted by molar-refractivity contribution is 0.0343. The Balaban J connectivity index is 1.79. The summed E-state index contributed by atoms with van der Waals surface area (Å²) in [7, 11) is 0. The molecule has 0 spiro atoms. The molecule has 0 aliphatic carbocycles. The Morgan fingerprint density at radius 1 is 1.25 bits per heavy atom. The topological polar surface area (TPSA) is 59.7 Å². The highest BCUT2D eigenvalue weighted by atomic mass is 35.5. The average Bonchev–Trinajstić information content (AvgIpc) is 2.98. The maximum absolute atomic E-state index is 14.1. The van der Waals surface area contributed by atoms with E-state index in [2.05, 4.69) is 15.0 Å². The summed E-state index contributed by atoms with van der Waals surface area (Å²) in [6.45, 7) is 5.07. The number of nitrogens with zero attached hydrogens (tertiary/aromatic N) is 4. The third-order valence-corrected chi connectivity index (χ3v) is 4.88. The van der Waals surface area contributed by atoms with Crippen molar-refractivity contribution in [3.05, 3.63) is 63.6 Å². The molecule has 0 radical (unpaired) electrons. The van der Waals surface area contributed by atoms with Crippen LogP contribution in [0.1, 0.15) is 27.3 Å². The number of aromatic nitrogens is 3. The van der Waals surface area contributed by atoms with Crippen molar-refractivity contribution in [3.8, 4) is 0 Å². The summed E-state index contributed by atoms with van der Waals surface area (Å²) >= 11 is 6.19. The maximum atomic E-state index is 14.1. The fourth-order valence-electron chi connectivity index (χ4n) is 3.33. The molecule has 6 nitrogen and oxygen atoms in total. The zero-order chi connectivity index (χ0) is 19.8. The van der Waals surface area contributed by atoms with Gasteiger partial charge in [0, 0.05) is 31.3 Å². The van der Waals surface area contributed by atoms with Crippen molar-refractivity contribution >= 4 is 23.0 Å². The fourth-order valence-corrected chi connectivity index (χ4v) is 3.54. The molecule has 3 aromatic rings. The molecule has 146 valence electrons. The van der Waals surface area contributed by atoms with Crippen molar-refractivity contribution < 1.29 is 18.3 Å². The van der Waals surface area contributed by atoms with Crippen LogP contribution in [0.15, 0.2) is 24.3 Å². The lowest BCUT2D eigenvalue weighted by Gasteiger charge is -2.26. The Hall–Kier alpha value is -2.42. The fraction of sp³-hybridized carbons (Fsp3) is 0.316. The number of rotatable bonds is 4. The molecule has 28 heavy (non-hydrogen) atoms. The molecule has 4 rings (SSSR count). The molecule has 2 aromatic heterocycles. The summed E-state index contributed by atoms with van der Waals surface area (Å²) in [5.74, 6) is -2.32. The van der Waals surface area contributed by atoms with Crippen LogP contribution in [-0.4, -0.2) is 51.6 Å². The van der Waals surface area contributed by atoms with Crippen molar-refractivity contribution in [2.45, 2.75) is 13.5 Å². The third-order valence-electron chi connectivity index (χ3n) is 4.69. The molecular formula is C19H17ClF2N4O2. The van der Waals surface area contributed by atoms with Crippen molar-refractivity contribution in [1.82, 2.24) is 19.5 Å². The number of halogens is 3. The van der Waals surface area contributed by atoms with E-state index in [0.29, 0.717) is 37.2 Å². The number of carbonyl (C=O) groups is 1. The second kappa shape index (κ2) is 7.54. The van der Waals surface area contributed by atoms with E-state index in [9.17, 15) is 13.6 Å². The van der Waals surface area contributed by atoms with Gasteiger partial charge in [-0.25, -0.2) is 18.3 Å². The number of carbonyl (C=O) groups excluding carboxylic acids is 1. The van der Waals surface area contributed by atoms with Gasteiger partial charge in [0.1, 0.15) is 17.3 Å². The van der Waals surface area contributed by atoms with Gasteiger partial charge in [-0.2, -0.15) is 5.10 Å². The van der Waals surface area contributed by atoms with E-state index in [1.807, 2.05) is 0 Å². The first-order valence-electron chi connectivity index (χ1n) is 8.78. The molecule has 0 N–H and O–H groups in total. The van der Waals surface area contributed by atoms with Gasteiger partial charge in [-0.1, -0.05) is 11.6 Å². The van der Waals surface area contributed by atoms with Crippen molar-refractivity contribution in [3.63, 3.8) is 0 Å². The van der Waals surface area contributed by atoms with Crippen LogP contribution in [0.4, 0.5) is 8.78 Å². The van der Waals surface area contributed by atoms with Crippen molar-refractivity contribution in [1.29, 1.82) is 0 Å². The van der Waals surface area contributed by atoms with E-state index >= 15 is 0 Å². The molecule has 1 aromatic carbocycles. The second-order valence-corrected chi connectivity index (χ2v) is 7.00. The minimum Gasteiger partial charge on any atom is -0.379 e. The first-order chi connectivity index (χ1) is 13.4.